The minimum Gasteiger partial charge on any atom is -0.482 e. The average Bonchev–Trinajstić information content (AvgIpc) is 2.92. The van der Waals surface area contributed by atoms with E-state index < -0.39 is 5.91 Å². The van der Waals surface area contributed by atoms with E-state index in [1.54, 1.807) is 31.2 Å². The van der Waals surface area contributed by atoms with Gasteiger partial charge in [-0.15, -0.1) is 0 Å². The van der Waals surface area contributed by atoms with Gasteiger partial charge in [-0.1, -0.05) is 23.2 Å². The normalized spacial score (nSPS) is 13.1. The van der Waals surface area contributed by atoms with E-state index in [0.29, 0.717) is 33.3 Å². The number of hydrogen-bond acceptors (Lipinski definition) is 4. The highest BCUT2D eigenvalue weighted by molar-refractivity contribution is 6.34. The molecule has 0 saturated heterocycles. The summed E-state index contributed by atoms with van der Waals surface area (Å²) in [7, 11) is 0. The number of aryl methyl sites for hydroxylation is 1. The molecule has 4 rings (SSSR count). The minimum absolute atomic E-state index is 0.0918. The van der Waals surface area contributed by atoms with E-state index in [2.05, 4.69) is 10.6 Å². The second-order valence-corrected chi connectivity index (χ2v) is 6.66. The molecule has 6 nitrogen and oxygen atoms in total. The van der Waals surface area contributed by atoms with Crippen LogP contribution < -0.4 is 15.4 Å². The molecular formula is C18H12Cl2N2O4. The smallest absolute Gasteiger partial charge is 0.291 e. The van der Waals surface area contributed by atoms with Crippen LogP contribution in [0.2, 0.25) is 10.0 Å². The maximum Gasteiger partial charge on any atom is 0.291 e. The van der Waals surface area contributed by atoms with E-state index in [4.69, 9.17) is 32.4 Å². The van der Waals surface area contributed by atoms with Crippen molar-refractivity contribution in [2.75, 3.05) is 17.2 Å². The second-order valence-electron chi connectivity index (χ2n) is 5.82. The van der Waals surface area contributed by atoms with E-state index in [-0.39, 0.29) is 23.3 Å². The van der Waals surface area contributed by atoms with E-state index >= 15 is 0 Å². The van der Waals surface area contributed by atoms with Crippen molar-refractivity contribution in [3.63, 3.8) is 0 Å². The molecule has 3 aromatic rings. The van der Waals surface area contributed by atoms with Crippen LogP contribution in [-0.4, -0.2) is 18.4 Å². The van der Waals surface area contributed by atoms with E-state index in [1.807, 2.05) is 0 Å². The molecule has 0 aliphatic carbocycles. The first-order valence-electron chi connectivity index (χ1n) is 7.68. The molecule has 0 unspecified atom stereocenters. The zero-order valence-corrected chi connectivity index (χ0v) is 15.0. The van der Waals surface area contributed by atoms with Crippen LogP contribution in [0.25, 0.3) is 11.0 Å². The van der Waals surface area contributed by atoms with Gasteiger partial charge in [0.2, 0.25) is 0 Å². The molecule has 0 atom stereocenters. The number of amides is 2. The van der Waals surface area contributed by atoms with Gasteiger partial charge in [-0.05, 0) is 31.2 Å². The molecule has 132 valence electrons. The SMILES string of the molecule is Cc1c(C(=O)Nc2cc3c(cc2Cl)NC(=O)CO3)oc2ccc(Cl)cc12. The first-order chi connectivity index (χ1) is 12.4. The summed E-state index contributed by atoms with van der Waals surface area (Å²) in [4.78, 5) is 24.0. The summed E-state index contributed by atoms with van der Waals surface area (Å²) in [6, 6.07) is 8.23. The standard InChI is InChI=1S/C18H12Cl2N2O4/c1-8-10-4-9(19)2-3-14(10)26-17(8)18(24)22-12-6-15-13(5-11(12)20)21-16(23)7-25-15/h2-6H,7H2,1H3,(H,21,23)(H,22,24). The summed E-state index contributed by atoms with van der Waals surface area (Å²) in [6.07, 6.45) is 0. The van der Waals surface area contributed by atoms with Crippen LogP contribution in [0.3, 0.4) is 0 Å². The molecule has 0 spiro atoms. The lowest BCUT2D eigenvalue weighted by molar-refractivity contribution is -0.118. The number of ether oxygens (including phenoxy) is 1. The number of nitrogens with one attached hydrogen (secondary N) is 2. The maximum atomic E-state index is 12.7. The fourth-order valence-electron chi connectivity index (χ4n) is 2.78. The molecule has 0 bridgehead atoms. The number of carbonyl (C=O) groups is 2. The first-order valence-corrected chi connectivity index (χ1v) is 8.44. The van der Waals surface area contributed by atoms with Crippen LogP contribution in [0.4, 0.5) is 11.4 Å². The lowest BCUT2D eigenvalue weighted by atomic mass is 10.1. The number of anilines is 2. The second kappa shape index (κ2) is 6.23. The van der Waals surface area contributed by atoms with Crippen molar-refractivity contribution in [1.82, 2.24) is 0 Å². The molecule has 0 radical (unpaired) electrons. The van der Waals surface area contributed by atoms with Gasteiger partial charge in [-0.3, -0.25) is 9.59 Å². The Hall–Kier alpha value is -2.70. The average molecular weight is 391 g/mol. The molecule has 2 N–H and O–H groups in total. The number of fused-ring (bicyclic) bond motifs is 2. The molecule has 2 aromatic carbocycles. The predicted molar refractivity (Wildman–Crippen MR) is 99.5 cm³/mol. The molecule has 2 amide bonds. The highest BCUT2D eigenvalue weighted by atomic mass is 35.5. The van der Waals surface area contributed by atoms with Gasteiger partial charge >= 0.3 is 0 Å². The van der Waals surface area contributed by atoms with Crippen molar-refractivity contribution < 1.29 is 18.7 Å². The van der Waals surface area contributed by atoms with Crippen LogP contribution >= 0.6 is 23.2 Å². The van der Waals surface area contributed by atoms with Crippen LogP contribution in [0, 0.1) is 6.92 Å². The zero-order chi connectivity index (χ0) is 18.4. The molecule has 8 heteroatoms. The molecule has 0 saturated carbocycles. The van der Waals surface area contributed by atoms with Crippen LogP contribution in [0.15, 0.2) is 34.7 Å². The fraction of sp³-hybridized carbons (Fsp3) is 0.111. The summed E-state index contributed by atoms with van der Waals surface area (Å²) in [5, 5.41) is 6.96. The molecule has 0 fully saturated rings. The van der Waals surface area contributed by atoms with Gasteiger partial charge in [-0.2, -0.15) is 0 Å². The molecular weight excluding hydrogens is 379 g/mol. The highest BCUT2D eigenvalue weighted by Crippen LogP contribution is 2.37. The lowest BCUT2D eigenvalue weighted by Gasteiger charge is -2.19. The van der Waals surface area contributed by atoms with Gasteiger partial charge in [0.25, 0.3) is 11.8 Å². The Labute approximate surface area is 158 Å². The van der Waals surface area contributed by atoms with E-state index in [9.17, 15) is 9.59 Å². The third-order valence-corrected chi connectivity index (χ3v) is 4.60. The van der Waals surface area contributed by atoms with Gasteiger partial charge in [0, 0.05) is 22.0 Å². The Bertz CT molecular complexity index is 1070. The molecule has 2 heterocycles. The van der Waals surface area contributed by atoms with E-state index in [0.717, 1.165) is 5.39 Å². The molecule has 26 heavy (non-hydrogen) atoms. The predicted octanol–water partition coefficient (Wildman–Crippen LogP) is 4.63. The number of hydrogen-bond donors (Lipinski definition) is 2. The molecule has 1 aliphatic rings. The Morgan fingerprint density at radius 1 is 1.23 bits per heavy atom. The summed E-state index contributed by atoms with van der Waals surface area (Å²) in [6.45, 7) is 1.69. The summed E-state index contributed by atoms with van der Waals surface area (Å²) >= 11 is 12.2. The number of halogens is 2. The molecule has 1 aromatic heterocycles. The third-order valence-electron chi connectivity index (χ3n) is 4.05. The van der Waals surface area contributed by atoms with Crippen LogP contribution in [0.1, 0.15) is 16.1 Å². The topological polar surface area (TPSA) is 80.6 Å². The molecule has 1 aliphatic heterocycles. The Morgan fingerprint density at radius 2 is 2.04 bits per heavy atom. The van der Waals surface area contributed by atoms with Gasteiger partial charge in [0.15, 0.2) is 12.4 Å². The van der Waals surface area contributed by atoms with Gasteiger partial charge in [0.1, 0.15) is 11.3 Å². The number of carbonyl (C=O) groups excluding carboxylic acids is 2. The Balaban J connectivity index is 1.67. The van der Waals surface area contributed by atoms with Crippen molar-refractivity contribution in [1.29, 1.82) is 0 Å². The lowest BCUT2D eigenvalue weighted by Crippen LogP contribution is -2.25. The van der Waals surface area contributed by atoms with Crippen molar-refractivity contribution in [2.24, 2.45) is 0 Å². The van der Waals surface area contributed by atoms with Crippen molar-refractivity contribution in [3.8, 4) is 5.75 Å². The number of benzene rings is 2. The fourth-order valence-corrected chi connectivity index (χ4v) is 3.17. The van der Waals surface area contributed by atoms with Gasteiger partial charge in [-0.25, -0.2) is 0 Å². The summed E-state index contributed by atoms with van der Waals surface area (Å²) in [5.74, 6) is -0.110. The minimum atomic E-state index is -0.448. The zero-order valence-electron chi connectivity index (χ0n) is 13.5. The van der Waals surface area contributed by atoms with Crippen molar-refractivity contribution >= 4 is 57.4 Å². The highest BCUT2D eigenvalue weighted by Gasteiger charge is 2.22. The van der Waals surface area contributed by atoms with Crippen molar-refractivity contribution in [3.05, 3.63) is 51.7 Å². The van der Waals surface area contributed by atoms with E-state index in [1.165, 1.54) is 6.07 Å². The van der Waals surface area contributed by atoms with Crippen LogP contribution in [0.5, 0.6) is 5.75 Å². The van der Waals surface area contributed by atoms with Gasteiger partial charge < -0.3 is 19.8 Å². The monoisotopic (exact) mass is 390 g/mol. The largest absolute Gasteiger partial charge is 0.482 e. The van der Waals surface area contributed by atoms with Gasteiger partial charge in [0.05, 0.1) is 16.4 Å². The number of rotatable bonds is 2. The number of furan rings is 1. The first kappa shape index (κ1) is 16.8. The van der Waals surface area contributed by atoms with Crippen molar-refractivity contribution in [2.45, 2.75) is 6.92 Å². The maximum absolute atomic E-state index is 12.7. The Kier molecular flexibility index (Phi) is 4.01. The van der Waals surface area contributed by atoms with Crippen LogP contribution in [-0.2, 0) is 4.79 Å². The Morgan fingerprint density at radius 3 is 2.85 bits per heavy atom. The summed E-state index contributed by atoms with van der Waals surface area (Å²) < 4.78 is 11.0. The third kappa shape index (κ3) is 2.87. The quantitative estimate of drug-likeness (QED) is 0.668. The summed E-state index contributed by atoms with van der Waals surface area (Å²) in [5.41, 5.74) is 2.06.